The molecule has 0 aromatic carbocycles. The zero-order valence-corrected chi connectivity index (χ0v) is 8.71. The summed E-state index contributed by atoms with van der Waals surface area (Å²) in [4.78, 5) is 0. The van der Waals surface area contributed by atoms with Gasteiger partial charge in [-0.25, -0.2) is 0 Å². The Labute approximate surface area is 80.8 Å². The van der Waals surface area contributed by atoms with E-state index in [0.29, 0.717) is 11.3 Å². The zero-order chi connectivity index (χ0) is 9.47. The summed E-state index contributed by atoms with van der Waals surface area (Å²) in [6.45, 7) is 4.64. The Hall–Kier alpha value is -0.300. The van der Waals surface area contributed by atoms with E-state index in [1.807, 2.05) is 0 Å². The first-order valence-corrected chi connectivity index (χ1v) is 5.46. The van der Waals surface area contributed by atoms with Crippen LogP contribution < -0.4 is 0 Å². The molecule has 0 radical (unpaired) electrons. The first-order valence-electron chi connectivity index (χ1n) is 5.46. The molecule has 2 rings (SSSR count). The van der Waals surface area contributed by atoms with Crippen molar-refractivity contribution in [2.24, 2.45) is 11.3 Å². The van der Waals surface area contributed by atoms with Gasteiger partial charge in [-0.2, -0.15) is 0 Å². The summed E-state index contributed by atoms with van der Waals surface area (Å²) < 4.78 is 0. The van der Waals surface area contributed by atoms with Crippen molar-refractivity contribution in [1.29, 1.82) is 0 Å². The van der Waals surface area contributed by atoms with Crippen molar-refractivity contribution in [3.8, 4) is 0 Å². The van der Waals surface area contributed by atoms with Gasteiger partial charge >= 0.3 is 0 Å². The van der Waals surface area contributed by atoms with Crippen LogP contribution in [0.1, 0.15) is 46.0 Å². The van der Waals surface area contributed by atoms with Crippen LogP contribution in [-0.4, -0.2) is 11.2 Å². The van der Waals surface area contributed by atoms with Gasteiger partial charge in [-0.3, -0.25) is 0 Å². The summed E-state index contributed by atoms with van der Waals surface area (Å²) in [5, 5.41) is 9.65. The van der Waals surface area contributed by atoms with Crippen LogP contribution in [0.4, 0.5) is 0 Å². The average molecular weight is 180 g/mol. The van der Waals surface area contributed by atoms with E-state index < -0.39 is 0 Å². The van der Waals surface area contributed by atoms with E-state index in [1.165, 1.54) is 24.8 Å². The summed E-state index contributed by atoms with van der Waals surface area (Å²) in [5.41, 5.74) is 2.02. The molecule has 0 bridgehead atoms. The smallest absolute Gasteiger partial charge is 0.0546 e. The van der Waals surface area contributed by atoms with Crippen LogP contribution in [0.5, 0.6) is 0 Å². The van der Waals surface area contributed by atoms with Crippen LogP contribution >= 0.6 is 0 Å². The molecule has 0 aromatic rings. The normalized spacial score (nSPS) is 45.3. The van der Waals surface area contributed by atoms with Crippen molar-refractivity contribution in [2.45, 2.75) is 52.1 Å². The fourth-order valence-corrected chi connectivity index (χ4v) is 3.15. The minimum Gasteiger partial charge on any atom is -0.393 e. The molecule has 1 fully saturated rings. The Kier molecular flexibility index (Phi) is 2.23. The molecule has 0 heterocycles. The molecule has 1 saturated carbocycles. The lowest BCUT2D eigenvalue weighted by molar-refractivity contribution is 0.0249. The van der Waals surface area contributed by atoms with E-state index >= 15 is 0 Å². The zero-order valence-electron chi connectivity index (χ0n) is 8.71. The second-order valence-electron chi connectivity index (χ2n) is 5.12. The van der Waals surface area contributed by atoms with Gasteiger partial charge in [0.05, 0.1) is 6.10 Å². The lowest BCUT2D eigenvalue weighted by Gasteiger charge is -2.46. The van der Waals surface area contributed by atoms with Crippen LogP contribution in [0.25, 0.3) is 0 Å². The Bertz CT molecular complexity index is 231. The van der Waals surface area contributed by atoms with Gasteiger partial charge in [0, 0.05) is 0 Å². The lowest BCUT2D eigenvalue weighted by atomic mass is 9.60. The highest BCUT2D eigenvalue weighted by molar-refractivity contribution is 5.14. The predicted molar refractivity (Wildman–Crippen MR) is 54.4 cm³/mol. The molecule has 74 valence electrons. The van der Waals surface area contributed by atoms with Gasteiger partial charge < -0.3 is 5.11 Å². The quantitative estimate of drug-likeness (QED) is 0.568. The first-order chi connectivity index (χ1) is 6.12. The molecule has 0 unspecified atom stereocenters. The SMILES string of the molecule is CC1=CCC[C@]2(C)CC[C@H](O)C[C@@H]12. The van der Waals surface area contributed by atoms with E-state index in [-0.39, 0.29) is 6.10 Å². The van der Waals surface area contributed by atoms with Gasteiger partial charge in [-0.15, -0.1) is 0 Å². The highest BCUT2D eigenvalue weighted by Gasteiger charge is 2.41. The van der Waals surface area contributed by atoms with Gasteiger partial charge in [0.25, 0.3) is 0 Å². The van der Waals surface area contributed by atoms with Crippen LogP contribution in [0, 0.1) is 11.3 Å². The molecule has 1 nitrogen and oxygen atoms in total. The molecule has 0 amide bonds. The third-order valence-electron chi connectivity index (χ3n) is 4.13. The highest BCUT2D eigenvalue weighted by atomic mass is 16.3. The third kappa shape index (κ3) is 1.54. The van der Waals surface area contributed by atoms with Crippen LogP contribution in [0.3, 0.4) is 0 Å². The molecule has 1 heteroatoms. The largest absolute Gasteiger partial charge is 0.393 e. The lowest BCUT2D eigenvalue weighted by Crippen LogP contribution is -2.38. The second kappa shape index (κ2) is 3.13. The van der Waals surface area contributed by atoms with Gasteiger partial charge in [0.15, 0.2) is 0 Å². The number of rotatable bonds is 0. The maximum atomic E-state index is 9.65. The summed E-state index contributed by atoms with van der Waals surface area (Å²) in [6.07, 6.45) is 8.11. The van der Waals surface area contributed by atoms with Crippen molar-refractivity contribution in [1.82, 2.24) is 0 Å². The van der Waals surface area contributed by atoms with E-state index in [0.717, 1.165) is 12.8 Å². The van der Waals surface area contributed by atoms with Crippen molar-refractivity contribution in [3.63, 3.8) is 0 Å². The van der Waals surface area contributed by atoms with Crippen molar-refractivity contribution < 1.29 is 5.11 Å². The summed E-state index contributed by atoms with van der Waals surface area (Å²) in [7, 11) is 0. The minimum absolute atomic E-state index is 0.0421. The average Bonchev–Trinajstić information content (AvgIpc) is 2.08. The monoisotopic (exact) mass is 180 g/mol. The number of hydrogen-bond acceptors (Lipinski definition) is 1. The molecule has 2 aliphatic rings. The summed E-state index contributed by atoms with van der Waals surface area (Å²) >= 11 is 0. The van der Waals surface area contributed by atoms with Crippen molar-refractivity contribution in [2.75, 3.05) is 0 Å². The Morgan fingerprint density at radius 3 is 3.00 bits per heavy atom. The predicted octanol–water partition coefficient (Wildman–Crippen LogP) is 2.89. The topological polar surface area (TPSA) is 20.2 Å². The summed E-state index contributed by atoms with van der Waals surface area (Å²) in [6, 6.07) is 0. The molecule has 3 atom stereocenters. The number of allylic oxidation sites excluding steroid dienone is 2. The Morgan fingerprint density at radius 1 is 1.46 bits per heavy atom. The van der Waals surface area contributed by atoms with Gasteiger partial charge in [-0.1, -0.05) is 18.6 Å². The molecular weight excluding hydrogens is 160 g/mol. The van der Waals surface area contributed by atoms with E-state index in [9.17, 15) is 5.11 Å². The first kappa shape index (κ1) is 9.26. The highest BCUT2D eigenvalue weighted by Crippen LogP contribution is 2.50. The molecule has 2 aliphatic carbocycles. The third-order valence-corrected chi connectivity index (χ3v) is 4.13. The van der Waals surface area contributed by atoms with E-state index in [2.05, 4.69) is 19.9 Å². The van der Waals surface area contributed by atoms with E-state index in [1.54, 1.807) is 0 Å². The maximum Gasteiger partial charge on any atom is 0.0546 e. The molecule has 1 N–H and O–H groups in total. The van der Waals surface area contributed by atoms with Gasteiger partial charge in [0.2, 0.25) is 0 Å². The minimum atomic E-state index is -0.0421. The molecule has 13 heavy (non-hydrogen) atoms. The Balaban J connectivity index is 2.22. The fraction of sp³-hybridized carbons (Fsp3) is 0.833. The number of hydrogen-bond donors (Lipinski definition) is 1. The molecule has 0 aliphatic heterocycles. The summed E-state index contributed by atoms with van der Waals surface area (Å²) in [5.74, 6) is 0.657. The second-order valence-corrected chi connectivity index (χ2v) is 5.12. The standard InChI is InChI=1S/C12H20O/c1-9-4-3-6-12(2)7-5-10(13)8-11(9)12/h4,10-11,13H,3,5-8H2,1-2H3/t10-,11-,12+/m0/s1. The van der Waals surface area contributed by atoms with E-state index in [4.69, 9.17) is 0 Å². The van der Waals surface area contributed by atoms with Crippen LogP contribution in [-0.2, 0) is 0 Å². The Morgan fingerprint density at radius 2 is 2.23 bits per heavy atom. The van der Waals surface area contributed by atoms with Crippen molar-refractivity contribution >= 4 is 0 Å². The number of aliphatic hydroxyl groups excluding tert-OH is 1. The molecule has 0 aromatic heterocycles. The number of aliphatic hydroxyl groups is 1. The van der Waals surface area contributed by atoms with Gasteiger partial charge in [0.1, 0.15) is 0 Å². The van der Waals surface area contributed by atoms with Crippen LogP contribution in [0.15, 0.2) is 11.6 Å². The maximum absolute atomic E-state index is 9.65. The fourth-order valence-electron chi connectivity index (χ4n) is 3.15. The molecular formula is C12H20O. The molecule has 0 spiro atoms. The van der Waals surface area contributed by atoms with Crippen LogP contribution in [0.2, 0.25) is 0 Å². The van der Waals surface area contributed by atoms with Gasteiger partial charge in [-0.05, 0) is 50.4 Å². The van der Waals surface area contributed by atoms with Crippen molar-refractivity contribution in [3.05, 3.63) is 11.6 Å². The molecule has 0 saturated heterocycles. The number of fused-ring (bicyclic) bond motifs is 1.